The summed E-state index contributed by atoms with van der Waals surface area (Å²) in [5.74, 6) is 0.398. The standard InChI is InChI=1S/C23H25N3O2/c1-5-17(22-14(3)25-28-15(22)4)23(27)24-16-11-12-21-19(13-16)18-9-7-8-10-20(18)26(21)6-2/h7-13,17H,5-6H2,1-4H3,(H,24,27). The number of carbonyl (C=O) groups is 1. The number of para-hydroxylation sites is 1. The predicted molar refractivity (Wildman–Crippen MR) is 113 cm³/mol. The first-order valence-corrected chi connectivity index (χ1v) is 9.79. The molecule has 4 aromatic rings. The van der Waals surface area contributed by atoms with Crippen molar-refractivity contribution in [3.63, 3.8) is 0 Å². The van der Waals surface area contributed by atoms with Crippen LogP contribution in [-0.2, 0) is 11.3 Å². The molecule has 0 radical (unpaired) electrons. The van der Waals surface area contributed by atoms with Gasteiger partial charge >= 0.3 is 0 Å². The molecule has 1 N–H and O–H groups in total. The molecule has 0 aliphatic heterocycles. The number of rotatable bonds is 5. The minimum atomic E-state index is -0.279. The molecule has 0 saturated heterocycles. The quantitative estimate of drug-likeness (QED) is 0.497. The lowest BCUT2D eigenvalue weighted by Gasteiger charge is -2.15. The maximum Gasteiger partial charge on any atom is 0.232 e. The van der Waals surface area contributed by atoms with E-state index in [0.29, 0.717) is 12.2 Å². The summed E-state index contributed by atoms with van der Waals surface area (Å²) in [6, 6.07) is 14.5. The van der Waals surface area contributed by atoms with Crippen molar-refractivity contribution in [2.45, 2.75) is 46.6 Å². The zero-order valence-corrected chi connectivity index (χ0v) is 16.7. The SMILES string of the molecule is CCC(C(=O)Nc1ccc2c(c1)c1ccccc1n2CC)c1c(C)noc1C. The van der Waals surface area contributed by atoms with E-state index in [9.17, 15) is 4.79 Å². The summed E-state index contributed by atoms with van der Waals surface area (Å²) in [7, 11) is 0. The summed E-state index contributed by atoms with van der Waals surface area (Å²) >= 11 is 0. The second-order valence-electron chi connectivity index (χ2n) is 7.18. The van der Waals surface area contributed by atoms with E-state index in [-0.39, 0.29) is 11.8 Å². The first kappa shape index (κ1) is 18.3. The number of aromatic nitrogens is 2. The fourth-order valence-corrected chi connectivity index (χ4v) is 4.21. The van der Waals surface area contributed by atoms with E-state index >= 15 is 0 Å². The van der Waals surface area contributed by atoms with Crippen LogP contribution in [0.1, 0.15) is 43.2 Å². The van der Waals surface area contributed by atoms with Crippen LogP contribution in [0.5, 0.6) is 0 Å². The fourth-order valence-electron chi connectivity index (χ4n) is 4.21. The number of benzene rings is 2. The minimum absolute atomic E-state index is 0.0320. The third-order valence-corrected chi connectivity index (χ3v) is 5.52. The van der Waals surface area contributed by atoms with Gasteiger partial charge in [0.25, 0.3) is 0 Å². The average molecular weight is 375 g/mol. The van der Waals surface area contributed by atoms with Crippen LogP contribution in [0.3, 0.4) is 0 Å². The van der Waals surface area contributed by atoms with Gasteiger partial charge in [-0.25, -0.2) is 0 Å². The first-order valence-electron chi connectivity index (χ1n) is 9.79. The molecule has 5 heteroatoms. The highest BCUT2D eigenvalue weighted by molar-refractivity contribution is 6.10. The van der Waals surface area contributed by atoms with Crippen LogP contribution >= 0.6 is 0 Å². The van der Waals surface area contributed by atoms with Crippen molar-refractivity contribution in [2.75, 3.05) is 5.32 Å². The molecule has 1 unspecified atom stereocenters. The van der Waals surface area contributed by atoms with Gasteiger partial charge in [0.15, 0.2) is 0 Å². The van der Waals surface area contributed by atoms with Gasteiger partial charge in [-0.1, -0.05) is 30.3 Å². The zero-order valence-electron chi connectivity index (χ0n) is 16.7. The van der Waals surface area contributed by atoms with Crippen molar-refractivity contribution in [3.8, 4) is 0 Å². The van der Waals surface area contributed by atoms with E-state index in [2.05, 4.69) is 58.4 Å². The van der Waals surface area contributed by atoms with Crippen LogP contribution in [0.25, 0.3) is 21.8 Å². The average Bonchev–Trinajstić information content (AvgIpc) is 3.20. The van der Waals surface area contributed by atoms with Gasteiger partial charge in [0.1, 0.15) is 5.76 Å². The Morgan fingerprint density at radius 3 is 2.54 bits per heavy atom. The van der Waals surface area contributed by atoms with Gasteiger partial charge in [-0.2, -0.15) is 0 Å². The second-order valence-corrected chi connectivity index (χ2v) is 7.18. The molecular formula is C23H25N3O2. The van der Waals surface area contributed by atoms with Gasteiger partial charge in [-0.15, -0.1) is 0 Å². The Bertz CT molecular complexity index is 1150. The van der Waals surface area contributed by atoms with Crippen LogP contribution in [0.2, 0.25) is 0 Å². The van der Waals surface area contributed by atoms with Crippen molar-refractivity contribution in [1.29, 1.82) is 0 Å². The lowest BCUT2D eigenvalue weighted by atomic mass is 9.94. The number of amides is 1. The monoisotopic (exact) mass is 375 g/mol. The minimum Gasteiger partial charge on any atom is -0.361 e. The van der Waals surface area contributed by atoms with Crippen molar-refractivity contribution in [1.82, 2.24) is 9.72 Å². The molecule has 1 atom stereocenters. The molecule has 0 aliphatic carbocycles. The third-order valence-electron chi connectivity index (χ3n) is 5.52. The lowest BCUT2D eigenvalue weighted by Crippen LogP contribution is -2.21. The molecule has 2 heterocycles. The van der Waals surface area contributed by atoms with Gasteiger partial charge in [0.05, 0.1) is 11.6 Å². The second kappa shape index (κ2) is 7.15. The summed E-state index contributed by atoms with van der Waals surface area (Å²) < 4.78 is 7.57. The Labute approximate surface area is 164 Å². The van der Waals surface area contributed by atoms with Crippen molar-refractivity contribution >= 4 is 33.4 Å². The van der Waals surface area contributed by atoms with Crippen LogP contribution in [0.15, 0.2) is 47.0 Å². The topological polar surface area (TPSA) is 60.1 Å². The van der Waals surface area contributed by atoms with E-state index in [4.69, 9.17) is 4.52 Å². The Morgan fingerprint density at radius 2 is 1.86 bits per heavy atom. The highest BCUT2D eigenvalue weighted by Crippen LogP contribution is 2.32. The summed E-state index contributed by atoms with van der Waals surface area (Å²) in [4.78, 5) is 13.0. The highest BCUT2D eigenvalue weighted by atomic mass is 16.5. The van der Waals surface area contributed by atoms with E-state index in [1.54, 1.807) is 0 Å². The molecule has 2 aromatic carbocycles. The Morgan fingerprint density at radius 1 is 1.11 bits per heavy atom. The molecule has 0 fully saturated rings. The number of nitrogens with zero attached hydrogens (tertiary/aromatic N) is 2. The molecular weight excluding hydrogens is 350 g/mol. The maximum absolute atomic E-state index is 13.0. The van der Waals surface area contributed by atoms with Gasteiger partial charge in [-0.3, -0.25) is 4.79 Å². The third kappa shape index (κ3) is 2.87. The van der Waals surface area contributed by atoms with Crippen LogP contribution < -0.4 is 5.32 Å². The molecule has 1 amide bonds. The maximum atomic E-state index is 13.0. The van der Waals surface area contributed by atoms with Crippen LogP contribution in [-0.4, -0.2) is 15.6 Å². The summed E-state index contributed by atoms with van der Waals surface area (Å²) in [5, 5.41) is 9.46. The normalized spacial score (nSPS) is 12.6. The van der Waals surface area contributed by atoms with Crippen LogP contribution in [0.4, 0.5) is 5.69 Å². The summed E-state index contributed by atoms with van der Waals surface area (Å²) in [6.07, 6.45) is 0.687. The molecule has 144 valence electrons. The smallest absolute Gasteiger partial charge is 0.232 e. The van der Waals surface area contributed by atoms with Gasteiger partial charge < -0.3 is 14.4 Å². The van der Waals surface area contributed by atoms with Gasteiger partial charge in [0.2, 0.25) is 5.91 Å². The van der Waals surface area contributed by atoms with Gasteiger partial charge in [0, 0.05) is 39.6 Å². The predicted octanol–water partition coefficient (Wildman–Crippen LogP) is 5.55. The van der Waals surface area contributed by atoms with Crippen molar-refractivity contribution in [3.05, 3.63) is 59.5 Å². The Balaban J connectivity index is 1.72. The lowest BCUT2D eigenvalue weighted by molar-refractivity contribution is -0.117. The molecule has 0 saturated carbocycles. The number of hydrogen-bond acceptors (Lipinski definition) is 3. The molecule has 0 spiro atoms. The Hall–Kier alpha value is -3.08. The number of aryl methyl sites for hydroxylation is 3. The summed E-state index contributed by atoms with van der Waals surface area (Å²) in [5.41, 5.74) is 4.87. The molecule has 4 rings (SSSR count). The van der Waals surface area contributed by atoms with Crippen LogP contribution in [0, 0.1) is 13.8 Å². The van der Waals surface area contributed by atoms with Crippen molar-refractivity contribution < 1.29 is 9.32 Å². The molecule has 28 heavy (non-hydrogen) atoms. The largest absolute Gasteiger partial charge is 0.361 e. The zero-order chi connectivity index (χ0) is 19.8. The molecule has 0 aliphatic rings. The Kier molecular flexibility index (Phi) is 4.67. The fraction of sp³-hybridized carbons (Fsp3) is 0.304. The molecule has 5 nitrogen and oxygen atoms in total. The van der Waals surface area contributed by atoms with E-state index in [1.807, 2.05) is 26.8 Å². The number of hydrogen-bond donors (Lipinski definition) is 1. The number of anilines is 1. The first-order chi connectivity index (χ1) is 13.5. The highest BCUT2D eigenvalue weighted by Gasteiger charge is 2.26. The number of carbonyl (C=O) groups excluding carboxylic acids is 1. The van der Waals surface area contributed by atoms with E-state index in [1.165, 1.54) is 16.4 Å². The number of nitrogens with one attached hydrogen (secondary N) is 1. The number of fused-ring (bicyclic) bond motifs is 3. The van der Waals surface area contributed by atoms with E-state index in [0.717, 1.165) is 28.9 Å². The molecule has 0 bridgehead atoms. The van der Waals surface area contributed by atoms with E-state index < -0.39 is 0 Å². The summed E-state index contributed by atoms with van der Waals surface area (Å²) in [6.45, 7) is 8.80. The molecule has 2 aromatic heterocycles. The van der Waals surface area contributed by atoms with Gasteiger partial charge in [-0.05, 0) is 51.5 Å². The van der Waals surface area contributed by atoms with Crippen molar-refractivity contribution in [2.24, 2.45) is 0 Å².